The monoisotopic (exact) mass is 258 g/mol. The molecule has 1 aliphatic rings. The van der Waals surface area contributed by atoms with E-state index < -0.39 is 0 Å². The van der Waals surface area contributed by atoms with E-state index in [1.807, 2.05) is 18.2 Å². The summed E-state index contributed by atoms with van der Waals surface area (Å²) < 4.78 is 2.17. The Morgan fingerprint density at radius 1 is 1.42 bits per heavy atom. The lowest BCUT2D eigenvalue weighted by atomic mass is 10.1. The largest absolute Gasteiger partial charge is 0.409 e. The van der Waals surface area contributed by atoms with E-state index in [1.54, 1.807) is 0 Å². The van der Waals surface area contributed by atoms with Crippen molar-refractivity contribution in [3.05, 3.63) is 29.6 Å². The molecule has 19 heavy (non-hydrogen) atoms. The SMILES string of the molecule is Cn1c(C2CCCC2)nc2cc(/C(N)=N/O)ccc21. The summed E-state index contributed by atoms with van der Waals surface area (Å²) in [6.45, 7) is 0. The van der Waals surface area contributed by atoms with E-state index >= 15 is 0 Å². The molecule has 1 aromatic carbocycles. The predicted octanol–water partition coefficient (Wildman–Crippen LogP) is 2.33. The fourth-order valence-electron chi connectivity index (χ4n) is 2.98. The number of amidine groups is 1. The Morgan fingerprint density at radius 3 is 2.84 bits per heavy atom. The quantitative estimate of drug-likeness (QED) is 0.375. The second-order valence-electron chi connectivity index (χ2n) is 5.20. The highest BCUT2D eigenvalue weighted by molar-refractivity contribution is 5.99. The van der Waals surface area contributed by atoms with Crippen LogP contribution >= 0.6 is 0 Å². The van der Waals surface area contributed by atoms with Crippen molar-refractivity contribution in [2.75, 3.05) is 0 Å². The molecule has 0 spiro atoms. The Morgan fingerprint density at radius 2 is 2.16 bits per heavy atom. The van der Waals surface area contributed by atoms with Gasteiger partial charge >= 0.3 is 0 Å². The fourth-order valence-corrected chi connectivity index (χ4v) is 2.98. The zero-order chi connectivity index (χ0) is 13.4. The fraction of sp³-hybridized carbons (Fsp3) is 0.429. The average molecular weight is 258 g/mol. The lowest BCUT2D eigenvalue weighted by molar-refractivity contribution is 0.318. The first-order valence-electron chi connectivity index (χ1n) is 6.65. The second-order valence-corrected chi connectivity index (χ2v) is 5.20. The number of fused-ring (bicyclic) bond motifs is 1. The van der Waals surface area contributed by atoms with Crippen LogP contribution in [-0.2, 0) is 7.05 Å². The maximum Gasteiger partial charge on any atom is 0.170 e. The minimum atomic E-state index is 0.120. The highest BCUT2D eigenvalue weighted by Gasteiger charge is 2.22. The van der Waals surface area contributed by atoms with Gasteiger partial charge in [0, 0.05) is 18.5 Å². The van der Waals surface area contributed by atoms with E-state index in [9.17, 15) is 0 Å². The molecule has 0 atom stereocenters. The molecule has 0 unspecified atom stereocenters. The Bertz CT molecular complexity index is 638. The third kappa shape index (κ3) is 1.95. The Balaban J connectivity index is 2.09. The summed E-state index contributed by atoms with van der Waals surface area (Å²) >= 11 is 0. The molecule has 100 valence electrons. The summed E-state index contributed by atoms with van der Waals surface area (Å²) in [5.74, 6) is 1.85. The summed E-state index contributed by atoms with van der Waals surface area (Å²) in [7, 11) is 2.06. The molecule has 1 fully saturated rings. The van der Waals surface area contributed by atoms with E-state index in [1.165, 1.54) is 25.7 Å². The minimum absolute atomic E-state index is 0.120. The lowest BCUT2D eigenvalue weighted by Gasteiger charge is -2.08. The maximum atomic E-state index is 8.73. The predicted molar refractivity (Wildman–Crippen MR) is 74.4 cm³/mol. The maximum absolute atomic E-state index is 8.73. The second kappa shape index (κ2) is 4.57. The summed E-state index contributed by atoms with van der Waals surface area (Å²) in [6, 6.07) is 5.72. The van der Waals surface area contributed by atoms with Gasteiger partial charge in [0.25, 0.3) is 0 Å². The van der Waals surface area contributed by atoms with Gasteiger partial charge in [-0.05, 0) is 31.0 Å². The Kier molecular flexibility index (Phi) is 2.89. The van der Waals surface area contributed by atoms with Gasteiger partial charge in [-0.1, -0.05) is 18.0 Å². The van der Waals surface area contributed by atoms with Gasteiger partial charge in [0.2, 0.25) is 0 Å². The summed E-state index contributed by atoms with van der Waals surface area (Å²) in [4.78, 5) is 4.74. The van der Waals surface area contributed by atoms with E-state index in [-0.39, 0.29) is 5.84 Å². The van der Waals surface area contributed by atoms with Crippen LogP contribution < -0.4 is 5.73 Å². The number of benzene rings is 1. The number of hydrogen-bond acceptors (Lipinski definition) is 3. The zero-order valence-electron chi connectivity index (χ0n) is 11.0. The molecule has 0 bridgehead atoms. The van der Waals surface area contributed by atoms with Gasteiger partial charge in [0.15, 0.2) is 5.84 Å². The van der Waals surface area contributed by atoms with E-state index in [2.05, 4.69) is 16.8 Å². The molecule has 0 aliphatic heterocycles. The lowest BCUT2D eigenvalue weighted by Crippen LogP contribution is -2.12. The number of nitrogens with two attached hydrogens (primary N) is 1. The minimum Gasteiger partial charge on any atom is -0.409 e. The number of rotatable bonds is 2. The number of aryl methyl sites for hydroxylation is 1. The van der Waals surface area contributed by atoms with Crippen LogP contribution in [0.5, 0.6) is 0 Å². The van der Waals surface area contributed by atoms with Gasteiger partial charge < -0.3 is 15.5 Å². The molecule has 3 rings (SSSR count). The third-order valence-corrected chi connectivity index (χ3v) is 4.04. The molecular weight excluding hydrogens is 240 g/mol. The van der Waals surface area contributed by atoms with Gasteiger partial charge in [-0.15, -0.1) is 0 Å². The first-order chi connectivity index (χ1) is 9.20. The molecule has 1 aromatic heterocycles. The first-order valence-corrected chi connectivity index (χ1v) is 6.65. The molecule has 1 heterocycles. The zero-order valence-corrected chi connectivity index (χ0v) is 11.0. The van der Waals surface area contributed by atoms with Crippen molar-refractivity contribution in [1.29, 1.82) is 0 Å². The number of hydrogen-bond donors (Lipinski definition) is 2. The van der Waals surface area contributed by atoms with Crippen molar-refractivity contribution < 1.29 is 5.21 Å². The van der Waals surface area contributed by atoms with Crippen molar-refractivity contribution in [3.8, 4) is 0 Å². The average Bonchev–Trinajstić information content (AvgIpc) is 3.05. The van der Waals surface area contributed by atoms with Gasteiger partial charge in [-0.2, -0.15) is 0 Å². The van der Waals surface area contributed by atoms with E-state index in [0.29, 0.717) is 11.5 Å². The van der Waals surface area contributed by atoms with Crippen molar-refractivity contribution in [1.82, 2.24) is 9.55 Å². The number of aromatic nitrogens is 2. The van der Waals surface area contributed by atoms with Crippen LogP contribution in [0.15, 0.2) is 23.4 Å². The van der Waals surface area contributed by atoms with Gasteiger partial charge in [-0.25, -0.2) is 4.98 Å². The normalized spacial score (nSPS) is 17.4. The van der Waals surface area contributed by atoms with E-state index in [0.717, 1.165) is 16.9 Å². The highest BCUT2D eigenvalue weighted by atomic mass is 16.4. The standard InChI is InChI=1S/C14H18N4O/c1-18-12-7-6-10(13(15)17-19)8-11(12)16-14(18)9-4-2-3-5-9/h6-9,19H,2-5H2,1H3,(H2,15,17). The topological polar surface area (TPSA) is 76.4 Å². The first kappa shape index (κ1) is 12.0. The van der Waals surface area contributed by atoms with E-state index in [4.69, 9.17) is 15.9 Å². The molecule has 1 saturated carbocycles. The third-order valence-electron chi connectivity index (χ3n) is 4.04. The smallest absolute Gasteiger partial charge is 0.170 e. The number of oxime groups is 1. The van der Waals surface area contributed by atoms with Crippen LogP contribution in [-0.4, -0.2) is 20.6 Å². The van der Waals surface area contributed by atoms with Crippen molar-refractivity contribution >= 4 is 16.9 Å². The number of nitrogens with zero attached hydrogens (tertiary/aromatic N) is 3. The van der Waals surface area contributed by atoms with Gasteiger partial charge in [0.1, 0.15) is 5.82 Å². The van der Waals surface area contributed by atoms with Crippen LogP contribution in [0.1, 0.15) is 43.0 Å². The summed E-state index contributed by atoms with van der Waals surface area (Å²) in [6.07, 6.45) is 5.04. The molecular formula is C14H18N4O. The van der Waals surface area contributed by atoms with Crippen molar-refractivity contribution in [2.24, 2.45) is 17.9 Å². The van der Waals surface area contributed by atoms with Crippen molar-refractivity contribution in [3.63, 3.8) is 0 Å². The Hall–Kier alpha value is -2.04. The Labute approximate surface area is 111 Å². The van der Waals surface area contributed by atoms with Crippen LogP contribution in [0.4, 0.5) is 0 Å². The molecule has 0 saturated heterocycles. The van der Waals surface area contributed by atoms with Crippen LogP contribution in [0.25, 0.3) is 11.0 Å². The van der Waals surface area contributed by atoms with Crippen LogP contribution in [0.2, 0.25) is 0 Å². The molecule has 5 heteroatoms. The van der Waals surface area contributed by atoms with Crippen LogP contribution in [0, 0.1) is 0 Å². The summed E-state index contributed by atoms with van der Waals surface area (Å²) in [5, 5.41) is 11.8. The molecule has 1 aliphatic carbocycles. The van der Waals surface area contributed by atoms with Gasteiger partial charge in [-0.3, -0.25) is 0 Å². The molecule has 5 nitrogen and oxygen atoms in total. The molecule has 3 N–H and O–H groups in total. The molecule has 2 aromatic rings. The van der Waals surface area contributed by atoms with Gasteiger partial charge in [0.05, 0.1) is 11.0 Å². The molecule has 0 radical (unpaired) electrons. The molecule has 0 amide bonds. The van der Waals surface area contributed by atoms with Crippen LogP contribution in [0.3, 0.4) is 0 Å². The number of imidazole rings is 1. The summed E-state index contributed by atoms with van der Waals surface area (Å²) in [5.41, 5.74) is 8.32. The highest BCUT2D eigenvalue weighted by Crippen LogP contribution is 2.34. The van der Waals surface area contributed by atoms with Crippen molar-refractivity contribution in [2.45, 2.75) is 31.6 Å².